The molecule has 45 heavy (non-hydrogen) atoms. The van der Waals surface area contributed by atoms with Crippen LogP contribution in [0.1, 0.15) is 55.5 Å². The maximum absolute atomic E-state index is 12.7. The summed E-state index contributed by atoms with van der Waals surface area (Å²) in [6, 6.07) is 12.5. The molecule has 2 heterocycles. The lowest BCUT2D eigenvalue weighted by atomic mass is 9.87. The Bertz CT molecular complexity index is 1550. The number of rotatable bonds is 14. The molecular weight excluding hydrogens is 602 g/mol. The van der Waals surface area contributed by atoms with Crippen LogP contribution in [0.5, 0.6) is 5.75 Å². The number of hydrogen-bond donors (Lipinski definition) is 0. The Morgan fingerprint density at radius 1 is 1.09 bits per heavy atom. The van der Waals surface area contributed by atoms with Crippen molar-refractivity contribution in [2.45, 2.75) is 63.9 Å². The standard InChI is InChI=1S/C31H41N5O8S/c1-22-28(44-25-14-10-13-24(19-25)30(37)41-4)16-15-26(32-22)29-27(36(3)34-33-29)20-42-31(38)35(2)17-8-9-18-43-45(39,40)21-23-11-6-5-7-12-23/h5-7,11-12,15-16,24-25H,8-10,13-14,17-21H2,1-4H3/t24-,25-/m0/s1. The highest BCUT2D eigenvalue weighted by molar-refractivity contribution is 7.85. The monoisotopic (exact) mass is 643 g/mol. The van der Waals surface area contributed by atoms with E-state index in [1.165, 1.54) is 16.7 Å². The molecule has 2 aromatic heterocycles. The number of amides is 1. The number of hydrogen-bond acceptors (Lipinski definition) is 11. The van der Waals surface area contributed by atoms with Gasteiger partial charge in [-0.1, -0.05) is 35.5 Å². The smallest absolute Gasteiger partial charge is 0.409 e. The molecule has 3 aromatic rings. The number of methoxy groups -OCH3 is 1. The summed E-state index contributed by atoms with van der Waals surface area (Å²) in [5, 5.41) is 8.33. The van der Waals surface area contributed by atoms with Crippen LogP contribution in [0.15, 0.2) is 42.5 Å². The molecule has 2 atom stereocenters. The van der Waals surface area contributed by atoms with Gasteiger partial charge >= 0.3 is 12.1 Å². The van der Waals surface area contributed by atoms with Gasteiger partial charge in [0.15, 0.2) is 0 Å². The molecule has 1 aliphatic rings. The molecule has 13 nitrogen and oxygen atoms in total. The Kier molecular flexibility index (Phi) is 11.9. The van der Waals surface area contributed by atoms with Crippen molar-refractivity contribution in [2.24, 2.45) is 13.0 Å². The zero-order valence-electron chi connectivity index (χ0n) is 26.2. The summed E-state index contributed by atoms with van der Waals surface area (Å²) in [6.45, 7) is 2.17. The van der Waals surface area contributed by atoms with Gasteiger partial charge in [-0.05, 0) is 63.1 Å². The van der Waals surface area contributed by atoms with E-state index in [1.807, 2.05) is 19.1 Å². The Hall–Kier alpha value is -4.04. The Morgan fingerprint density at radius 2 is 1.87 bits per heavy atom. The van der Waals surface area contributed by atoms with Crippen LogP contribution in [0.25, 0.3) is 11.4 Å². The molecular formula is C31H41N5O8S. The van der Waals surface area contributed by atoms with Gasteiger partial charge in [0, 0.05) is 20.6 Å². The molecule has 1 amide bonds. The van der Waals surface area contributed by atoms with Gasteiger partial charge < -0.3 is 19.1 Å². The fourth-order valence-electron chi connectivity index (χ4n) is 5.14. The molecule has 0 unspecified atom stereocenters. The van der Waals surface area contributed by atoms with Gasteiger partial charge in [0.1, 0.15) is 29.5 Å². The number of esters is 1. The zero-order chi connectivity index (χ0) is 32.4. The molecule has 0 saturated heterocycles. The fourth-order valence-corrected chi connectivity index (χ4v) is 6.20. The summed E-state index contributed by atoms with van der Waals surface area (Å²) in [6.07, 6.45) is 3.50. The van der Waals surface area contributed by atoms with Crippen LogP contribution >= 0.6 is 0 Å². The summed E-state index contributed by atoms with van der Waals surface area (Å²) < 4.78 is 47.6. The zero-order valence-corrected chi connectivity index (χ0v) is 27.0. The average Bonchev–Trinajstić information content (AvgIpc) is 3.40. The molecule has 0 aliphatic heterocycles. The molecule has 0 radical (unpaired) electrons. The van der Waals surface area contributed by atoms with E-state index in [4.69, 9.17) is 18.4 Å². The van der Waals surface area contributed by atoms with E-state index in [1.54, 1.807) is 44.4 Å². The minimum absolute atomic E-state index is 0.0347. The maximum Gasteiger partial charge on any atom is 0.409 e. The second-order valence-corrected chi connectivity index (χ2v) is 12.7. The van der Waals surface area contributed by atoms with Gasteiger partial charge in [-0.3, -0.25) is 8.98 Å². The first kappa shape index (κ1) is 33.8. The van der Waals surface area contributed by atoms with Crippen LogP contribution in [0, 0.1) is 12.8 Å². The third-order valence-electron chi connectivity index (χ3n) is 7.66. The predicted octanol–water partition coefficient (Wildman–Crippen LogP) is 4.19. The van der Waals surface area contributed by atoms with Crippen LogP contribution in [-0.4, -0.2) is 78.8 Å². The largest absolute Gasteiger partial charge is 0.489 e. The lowest BCUT2D eigenvalue weighted by molar-refractivity contribution is -0.147. The normalized spacial score (nSPS) is 16.6. The highest BCUT2D eigenvalue weighted by Crippen LogP contribution is 2.31. The number of unbranched alkanes of at least 4 members (excludes halogenated alkanes) is 1. The van der Waals surface area contributed by atoms with Crippen LogP contribution in [0.3, 0.4) is 0 Å². The van der Waals surface area contributed by atoms with Crippen LogP contribution in [0.4, 0.5) is 4.79 Å². The van der Waals surface area contributed by atoms with Gasteiger partial charge in [0.05, 0.1) is 37.1 Å². The van der Waals surface area contributed by atoms with E-state index in [2.05, 4.69) is 15.3 Å². The van der Waals surface area contributed by atoms with Crippen molar-refractivity contribution < 1.29 is 36.4 Å². The summed E-state index contributed by atoms with van der Waals surface area (Å²) in [5.74, 6) is 0.0881. The number of pyridine rings is 1. The first-order chi connectivity index (χ1) is 21.6. The molecule has 0 bridgehead atoms. The number of carbonyl (C=O) groups excluding carboxylic acids is 2. The lowest BCUT2D eigenvalue weighted by Gasteiger charge is -2.28. The summed E-state index contributed by atoms with van der Waals surface area (Å²) >= 11 is 0. The van der Waals surface area contributed by atoms with E-state index in [9.17, 15) is 18.0 Å². The van der Waals surface area contributed by atoms with Gasteiger partial charge in [0.25, 0.3) is 10.1 Å². The summed E-state index contributed by atoms with van der Waals surface area (Å²) in [7, 11) is 1.05. The Labute approximate surface area is 263 Å². The van der Waals surface area contributed by atoms with Gasteiger partial charge in [-0.25, -0.2) is 14.5 Å². The van der Waals surface area contributed by atoms with E-state index in [0.717, 1.165) is 19.3 Å². The van der Waals surface area contributed by atoms with Crippen molar-refractivity contribution in [1.29, 1.82) is 0 Å². The number of nitrogens with zero attached hydrogens (tertiary/aromatic N) is 5. The minimum Gasteiger partial charge on any atom is -0.489 e. The van der Waals surface area contributed by atoms with Crippen LogP contribution in [0.2, 0.25) is 0 Å². The molecule has 1 aliphatic carbocycles. The molecule has 4 rings (SSSR count). The molecule has 1 aromatic carbocycles. The number of benzene rings is 1. The van der Waals surface area contributed by atoms with Crippen molar-refractivity contribution >= 4 is 22.2 Å². The quantitative estimate of drug-likeness (QED) is 0.141. The fraction of sp³-hybridized carbons (Fsp3) is 0.516. The van der Waals surface area contributed by atoms with Gasteiger partial charge in [-0.2, -0.15) is 8.42 Å². The van der Waals surface area contributed by atoms with E-state index in [-0.39, 0.29) is 37.0 Å². The SMILES string of the molecule is COC(=O)[C@H]1CCC[C@H](Oc2ccc(-c3nnn(C)c3COC(=O)N(C)CCCCOS(=O)(=O)Cc3ccccc3)nc2C)C1. The van der Waals surface area contributed by atoms with Crippen molar-refractivity contribution in [1.82, 2.24) is 24.9 Å². The molecule has 14 heteroatoms. The number of aromatic nitrogens is 4. The predicted molar refractivity (Wildman–Crippen MR) is 164 cm³/mol. The summed E-state index contributed by atoms with van der Waals surface area (Å²) in [5.41, 5.74) is 2.95. The van der Waals surface area contributed by atoms with Crippen molar-refractivity contribution in [3.63, 3.8) is 0 Å². The van der Waals surface area contributed by atoms with Gasteiger partial charge in [0.2, 0.25) is 0 Å². The number of ether oxygens (including phenoxy) is 3. The molecule has 0 spiro atoms. The highest BCUT2D eigenvalue weighted by atomic mass is 32.2. The first-order valence-corrected chi connectivity index (χ1v) is 16.5. The average molecular weight is 644 g/mol. The first-order valence-electron chi connectivity index (χ1n) is 15.0. The third kappa shape index (κ3) is 9.72. The third-order valence-corrected chi connectivity index (χ3v) is 8.87. The Balaban J connectivity index is 1.24. The molecule has 1 saturated carbocycles. The number of carbonyl (C=O) groups is 2. The van der Waals surface area contributed by atoms with Gasteiger partial charge in [-0.15, -0.1) is 5.10 Å². The minimum atomic E-state index is -3.68. The topological polar surface area (TPSA) is 152 Å². The van der Waals surface area contributed by atoms with E-state index >= 15 is 0 Å². The molecule has 0 N–H and O–H groups in total. The van der Waals surface area contributed by atoms with Crippen molar-refractivity contribution in [2.75, 3.05) is 27.3 Å². The van der Waals surface area contributed by atoms with E-state index in [0.29, 0.717) is 59.9 Å². The highest BCUT2D eigenvalue weighted by Gasteiger charge is 2.29. The molecule has 244 valence electrons. The number of aryl methyl sites for hydroxylation is 2. The van der Waals surface area contributed by atoms with Crippen molar-refractivity contribution in [3.8, 4) is 17.1 Å². The second kappa shape index (κ2) is 15.8. The lowest BCUT2D eigenvalue weighted by Crippen LogP contribution is -2.30. The second-order valence-electron chi connectivity index (χ2n) is 11.1. The van der Waals surface area contributed by atoms with Crippen molar-refractivity contribution in [3.05, 3.63) is 59.4 Å². The van der Waals surface area contributed by atoms with Crippen LogP contribution in [-0.2, 0) is 48.0 Å². The maximum atomic E-state index is 12.7. The summed E-state index contributed by atoms with van der Waals surface area (Å²) in [4.78, 5) is 30.7. The van der Waals surface area contributed by atoms with E-state index < -0.39 is 16.2 Å². The van der Waals surface area contributed by atoms with Crippen LogP contribution < -0.4 is 4.74 Å². The molecule has 1 fully saturated rings. The Morgan fingerprint density at radius 3 is 2.60 bits per heavy atom.